The second-order valence-electron chi connectivity index (χ2n) is 3.75. The number of thiazole rings is 1. The van der Waals surface area contributed by atoms with E-state index in [-0.39, 0.29) is 5.82 Å². The van der Waals surface area contributed by atoms with E-state index in [0.29, 0.717) is 27.6 Å². The molecule has 3 nitrogen and oxygen atoms in total. The van der Waals surface area contributed by atoms with E-state index in [0.717, 1.165) is 5.01 Å². The molecule has 0 N–H and O–H groups in total. The lowest BCUT2D eigenvalue weighted by Gasteiger charge is -2.02. The van der Waals surface area contributed by atoms with Crippen LogP contribution < -0.4 is 0 Å². The second kappa shape index (κ2) is 4.26. The molecule has 2 heterocycles. The number of halogens is 2. The molecule has 0 fully saturated rings. The van der Waals surface area contributed by atoms with Gasteiger partial charge in [-0.15, -0.1) is 11.3 Å². The zero-order valence-electron chi connectivity index (χ0n) is 9.32. The van der Waals surface area contributed by atoms with E-state index in [1.807, 2.05) is 12.3 Å². The van der Waals surface area contributed by atoms with Crippen molar-refractivity contribution in [1.29, 1.82) is 0 Å². The summed E-state index contributed by atoms with van der Waals surface area (Å²) in [4.78, 5) is 12.8. The Morgan fingerprint density at radius 2 is 2.06 bits per heavy atom. The van der Waals surface area contributed by atoms with Crippen molar-refractivity contribution in [3.63, 3.8) is 0 Å². The van der Waals surface area contributed by atoms with Gasteiger partial charge in [-0.1, -0.05) is 11.6 Å². The first-order chi connectivity index (χ1) is 8.63. The number of rotatable bonds is 1. The number of aromatic nitrogens is 3. The van der Waals surface area contributed by atoms with E-state index in [9.17, 15) is 4.39 Å². The molecule has 0 aliphatic carbocycles. The minimum absolute atomic E-state index is 0.306. The lowest BCUT2D eigenvalue weighted by atomic mass is 10.2. The molecule has 0 aliphatic heterocycles. The van der Waals surface area contributed by atoms with Crippen LogP contribution in [0.3, 0.4) is 0 Å². The second-order valence-corrected chi connectivity index (χ2v) is 5.17. The maximum absolute atomic E-state index is 13.2. The van der Waals surface area contributed by atoms with Gasteiger partial charge in [0.1, 0.15) is 16.7 Å². The lowest BCUT2D eigenvalue weighted by Crippen LogP contribution is -1.92. The van der Waals surface area contributed by atoms with Crippen molar-refractivity contribution in [3.05, 3.63) is 39.6 Å². The van der Waals surface area contributed by atoms with Crippen molar-refractivity contribution in [1.82, 2.24) is 15.0 Å². The van der Waals surface area contributed by atoms with Crippen LogP contribution in [0, 0.1) is 12.7 Å². The molecule has 3 aromatic rings. The molecule has 0 amide bonds. The van der Waals surface area contributed by atoms with E-state index in [2.05, 4.69) is 15.0 Å². The van der Waals surface area contributed by atoms with Gasteiger partial charge >= 0.3 is 0 Å². The van der Waals surface area contributed by atoms with E-state index in [1.54, 1.807) is 6.07 Å². The number of hydrogen-bond donors (Lipinski definition) is 0. The fourth-order valence-corrected chi connectivity index (χ4v) is 2.48. The first-order valence-electron chi connectivity index (χ1n) is 5.19. The molecule has 0 bridgehead atoms. The van der Waals surface area contributed by atoms with E-state index >= 15 is 0 Å². The fraction of sp³-hybridized carbons (Fsp3) is 0.0833. The van der Waals surface area contributed by atoms with Gasteiger partial charge < -0.3 is 0 Å². The summed E-state index contributed by atoms with van der Waals surface area (Å²) in [5.74, 6) is 0.0696. The Kier molecular flexibility index (Phi) is 2.72. The zero-order chi connectivity index (χ0) is 12.7. The van der Waals surface area contributed by atoms with E-state index in [4.69, 9.17) is 11.6 Å². The Balaban J connectivity index is 2.26. The summed E-state index contributed by atoms with van der Waals surface area (Å²) >= 11 is 7.58. The highest BCUT2D eigenvalue weighted by atomic mass is 35.5. The summed E-state index contributed by atoms with van der Waals surface area (Å²) < 4.78 is 13.2. The van der Waals surface area contributed by atoms with Crippen LogP contribution in [0.4, 0.5) is 4.39 Å². The molecule has 0 saturated heterocycles. The van der Waals surface area contributed by atoms with Gasteiger partial charge in [-0.25, -0.2) is 19.3 Å². The van der Waals surface area contributed by atoms with Gasteiger partial charge in [0.05, 0.1) is 10.5 Å². The van der Waals surface area contributed by atoms with Crippen LogP contribution in [0.1, 0.15) is 5.01 Å². The Hall–Kier alpha value is -1.59. The van der Waals surface area contributed by atoms with Crippen molar-refractivity contribution in [3.8, 4) is 11.5 Å². The first kappa shape index (κ1) is 11.5. The van der Waals surface area contributed by atoms with Crippen molar-refractivity contribution in [2.75, 3.05) is 0 Å². The van der Waals surface area contributed by atoms with Gasteiger partial charge in [-0.2, -0.15) is 0 Å². The summed E-state index contributed by atoms with van der Waals surface area (Å²) in [7, 11) is 0. The van der Waals surface area contributed by atoms with Gasteiger partial charge in [-0.05, 0) is 19.1 Å². The molecule has 0 saturated carbocycles. The quantitative estimate of drug-likeness (QED) is 0.635. The highest BCUT2D eigenvalue weighted by Crippen LogP contribution is 2.25. The smallest absolute Gasteiger partial charge is 0.181 e. The third kappa shape index (κ3) is 1.95. The molecular formula is C12H7ClFN3S. The predicted octanol–water partition coefficient (Wildman–Crippen LogP) is 3.85. The van der Waals surface area contributed by atoms with Gasteiger partial charge in [0, 0.05) is 16.8 Å². The minimum Gasteiger partial charge on any atom is -0.238 e. The number of hydrogen-bond acceptors (Lipinski definition) is 4. The topological polar surface area (TPSA) is 38.7 Å². The van der Waals surface area contributed by atoms with Crippen LogP contribution >= 0.6 is 22.9 Å². The summed E-state index contributed by atoms with van der Waals surface area (Å²) in [5.41, 5.74) is 1.14. The van der Waals surface area contributed by atoms with Crippen LogP contribution in [-0.2, 0) is 0 Å². The Morgan fingerprint density at radius 3 is 2.78 bits per heavy atom. The molecule has 2 aromatic heterocycles. The highest BCUT2D eigenvalue weighted by molar-refractivity contribution is 7.09. The van der Waals surface area contributed by atoms with Gasteiger partial charge in [-0.3, -0.25) is 0 Å². The summed E-state index contributed by atoms with van der Waals surface area (Å²) in [5, 5.41) is 3.71. The maximum atomic E-state index is 13.2. The third-order valence-corrected chi connectivity index (χ3v) is 3.52. The molecule has 18 heavy (non-hydrogen) atoms. The lowest BCUT2D eigenvalue weighted by molar-refractivity contribution is 0.629. The molecule has 0 unspecified atom stereocenters. The third-order valence-electron chi connectivity index (χ3n) is 2.46. The van der Waals surface area contributed by atoms with Crippen LogP contribution in [-0.4, -0.2) is 15.0 Å². The predicted molar refractivity (Wildman–Crippen MR) is 70.4 cm³/mol. The molecular weight excluding hydrogens is 273 g/mol. The number of benzene rings is 1. The summed E-state index contributed by atoms with van der Waals surface area (Å²) in [6.07, 6.45) is 0. The molecule has 1 aromatic carbocycles. The van der Waals surface area contributed by atoms with E-state index < -0.39 is 0 Å². The Labute approximate surface area is 111 Å². The summed E-state index contributed by atoms with van der Waals surface area (Å²) in [6.45, 7) is 1.90. The van der Waals surface area contributed by atoms with Crippen molar-refractivity contribution in [2.24, 2.45) is 0 Å². The van der Waals surface area contributed by atoms with Crippen molar-refractivity contribution < 1.29 is 4.39 Å². The fourth-order valence-electron chi connectivity index (χ4n) is 1.64. The number of aryl methyl sites for hydroxylation is 1. The first-order valence-corrected chi connectivity index (χ1v) is 6.44. The number of fused-ring (bicyclic) bond motifs is 1. The summed E-state index contributed by atoms with van der Waals surface area (Å²) in [6, 6.07) is 4.25. The normalized spacial score (nSPS) is 11.1. The van der Waals surface area contributed by atoms with Gasteiger partial charge in [0.15, 0.2) is 5.82 Å². The van der Waals surface area contributed by atoms with Crippen molar-refractivity contribution >= 4 is 33.8 Å². The average molecular weight is 280 g/mol. The van der Waals surface area contributed by atoms with Crippen LogP contribution in [0.2, 0.25) is 5.15 Å². The molecule has 0 spiro atoms. The van der Waals surface area contributed by atoms with Gasteiger partial charge in [0.25, 0.3) is 0 Å². The van der Waals surface area contributed by atoms with Crippen molar-refractivity contribution in [2.45, 2.75) is 6.92 Å². The Morgan fingerprint density at radius 1 is 1.22 bits per heavy atom. The largest absolute Gasteiger partial charge is 0.238 e. The Bertz CT molecular complexity index is 741. The van der Waals surface area contributed by atoms with Crippen LogP contribution in [0.15, 0.2) is 23.6 Å². The standard InChI is InChI=1S/C12H7ClFN3S/c1-6-15-10(5-18-6)12-16-9-4-7(14)2-3-8(9)11(13)17-12/h2-5H,1H3. The molecule has 90 valence electrons. The maximum Gasteiger partial charge on any atom is 0.181 e. The van der Waals surface area contributed by atoms with Crippen LogP contribution in [0.25, 0.3) is 22.4 Å². The highest BCUT2D eigenvalue weighted by Gasteiger charge is 2.10. The zero-order valence-corrected chi connectivity index (χ0v) is 10.9. The molecule has 0 aliphatic rings. The SMILES string of the molecule is Cc1nc(-c2nc(Cl)c3ccc(F)cc3n2)cs1. The number of nitrogens with zero attached hydrogens (tertiary/aromatic N) is 3. The molecule has 3 rings (SSSR count). The van der Waals surface area contributed by atoms with Crippen LogP contribution in [0.5, 0.6) is 0 Å². The molecule has 0 radical (unpaired) electrons. The molecule has 0 atom stereocenters. The average Bonchev–Trinajstić information content (AvgIpc) is 2.75. The molecule has 6 heteroatoms. The van der Waals surface area contributed by atoms with E-state index in [1.165, 1.54) is 23.5 Å². The minimum atomic E-state index is -0.349. The van der Waals surface area contributed by atoms with Gasteiger partial charge in [0.2, 0.25) is 0 Å². The monoisotopic (exact) mass is 279 g/mol.